The Hall–Kier alpha value is -1.84. The number of aryl methyl sites for hydroxylation is 1. The van der Waals surface area contributed by atoms with Crippen LogP contribution in [0, 0.1) is 12.3 Å². The Morgan fingerprint density at radius 3 is 2.85 bits per heavy atom. The number of aromatic nitrogens is 1. The van der Waals surface area contributed by atoms with Gasteiger partial charge in [-0.2, -0.15) is 0 Å². The smallest absolute Gasteiger partial charge is 0.303 e. The number of rotatable bonds is 4. The maximum absolute atomic E-state index is 11.1. The number of nitrogens with zero attached hydrogens (tertiary/aromatic N) is 1. The number of hydrogen-bond acceptors (Lipinski definition) is 3. The van der Waals surface area contributed by atoms with Gasteiger partial charge in [0.1, 0.15) is 5.52 Å². The van der Waals surface area contributed by atoms with Crippen molar-refractivity contribution in [3.05, 3.63) is 29.7 Å². The van der Waals surface area contributed by atoms with E-state index in [4.69, 9.17) is 9.52 Å². The second-order valence-electron chi connectivity index (χ2n) is 6.03. The molecule has 20 heavy (non-hydrogen) atoms. The Kier molecular flexibility index (Phi) is 3.24. The van der Waals surface area contributed by atoms with Crippen LogP contribution in [-0.2, 0) is 11.2 Å². The molecule has 1 saturated carbocycles. The molecular weight excluding hydrogens is 254 g/mol. The Morgan fingerprint density at radius 1 is 1.40 bits per heavy atom. The third-order valence-corrected chi connectivity index (χ3v) is 4.30. The minimum atomic E-state index is -0.723. The van der Waals surface area contributed by atoms with E-state index in [9.17, 15) is 4.79 Å². The summed E-state index contributed by atoms with van der Waals surface area (Å²) in [6.07, 6.45) is 4.96. The quantitative estimate of drug-likeness (QED) is 0.922. The molecule has 2 aromatic rings. The first-order valence-corrected chi connectivity index (χ1v) is 7.14. The van der Waals surface area contributed by atoms with Crippen molar-refractivity contribution < 1.29 is 14.3 Å². The topological polar surface area (TPSA) is 63.3 Å². The van der Waals surface area contributed by atoms with Crippen LogP contribution in [0.2, 0.25) is 0 Å². The number of fused-ring (bicyclic) bond motifs is 1. The maximum atomic E-state index is 11.1. The maximum Gasteiger partial charge on any atom is 0.303 e. The van der Waals surface area contributed by atoms with Crippen molar-refractivity contribution in [1.82, 2.24) is 4.98 Å². The van der Waals surface area contributed by atoms with Gasteiger partial charge in [0.2, 0.25) is 0 Å². The van der Waals surface area contributed by atoms with E-state index in [1.54, 1.807) is 0 Å². The van der Waals surface area contributed by atoms with Crippen LogP contribution in [-0.4, -0.2) is 16.1 Å². The Morgan fingerprint density at radius 2 is 2.15 bits per heavy atom. The zero-order chi connectivity index (χ0) is 14.2. The Balaban J connectivity index is 1.88. The van der Waals surface area contributed by atoms with Gasteiger partial charge >= 0.3 is 5.97 Å². The molecule has 1 aliphatic carbocycles. The van der Waals surface area contributed by atoms with Crippen LogP contribution in [0.4, 0.5) is 0 Å². The first kappa shape index (κ1) is 13.2. The molecule has 0 spiro atoms. The molecule has 4 heteroatoms. The predicted octanol–water partition coefficient (Wildman–Crippen LogP) is 3.71. The van der Waals surface area contributed by atoms with Gasteiger partial charge in [-0.3, -0.25) is 4.79 Å². The summed E-state index contributed by atoms with van der Waals surface area (Å²) in [6.45, 7) is 2.02. The highest BCUT2D eigenvalue weighted by molar-refractivity contribution is 5.73. The summed E-state index contributed by atoms with van der Waals surface area (Å²) in [5.74, 6) is -0.0485. The molecule has 0 atom stereocenters. The molecule has 1 aromatic carbocycles. The molecule has 0 radical (unpaired) electrons. The number of benzene rings is 1. The summed E-state index contributed by atoms with van der Waals surface area (Å²) < 4.78 is 5.79. The summed E-state index contributed by atoms with van der Waals surface area (Å²) in [4.78, 5) is 15.6. The van der Waals surface area contributed by atoms with Gasteiger partial charge < -0.3 is 9.52 Å². The minimum absolute atomic E-state index is 0.165. The average molecular weight is 273 g/mol. The lowest BCUT2D eigenvalue weighted by Gasteiger charge is -2.25. The summed E-state index contributed by atoms with van der Waals surface area (Å²) in [5.41, 5.74) is 2.64. The van der Waals surface area contributed by atoms with E-state index < -0.39 is 5.97 Å². The van der Waals surface area contributed by atoms with Gasteiger partial charge in [0.25, 0.3) is 0 Å². The number of carboxylic acids is 1. The standard InChI is InChI=1S/C16H19NO3/c1-11-4-5-13-12(8-11)17-14(20-13)9-16(10-15(18)19)6-2-3-7-16/h4-5,8H,2-3,6-7,9-10H2,1H3,(H,18,19). The van der Waals surface area contributed by atoms with Crippen molar-refractivity contribution in [1.29, 1.82) is 0 Å². The summed E-state index contributed by atoms with van der Waals surface area (Å²) >= 11 is 0. The van der Waals surface area contributed by atoms with E-state index in [-0.39, 0.29) is 11.8 Å². The third kappa shape index (κ3) is 2.55. The monoisotopic (exact) mass is 273 g/mol. The SMILES string of the molecule is Cc1ccc2oc(CC3(CC(=O)O)CCCC3)nc2c1. The zero-order valence-electron chi connectivity index (χ0n) is 11.7. The van der Waals surface area contributed by atoms with E-state index in [0.29, 0.717) is 12.3 Å². The van der Waals surface area contributed by atoms with Gasteiger partial charge in [0.15, 0.2) is 11.5 Å². The predicted molar refractivity (Wildman–Crippen MR) is 75.6 cm³/mol. The van der Waals surface area contributed by atoms with E-state index in [1.165, 1.54) is 0 Å². The van der Waals surface area contributed by atoms with Crippen molar-refractivity contribution in [3.8, 4) is 0 Å². The molecule has 1 N–H and O–H groups in total. The normalized spacial score (nSPS) is 17.6. The molecule has 0 unspecified atom stereocenters. The van der Waals surface area contributed by atoms with Crippen LogP contribution >= 0.6 is 0 Å². The summed E-state index contributed by atoms with van der Waals surface area (Å²) in [6, 6.07) is 5.93. The largest absolute Gasteiger partial charge is 0.481 e. The number of carboxylic acid groups (broad SMARTS) is 1. The molecule has 4 nitrogen and oxygen atoms in total. The average Bonchev–Trinajstić information content (AvgIpc) is 2.94. The van der Waals surface area contributed by atoms with Crippen molar-refractivity contribution in [2.75, 3.05) is 0 Å². The zero-order valence-corrected chi connectivity index (χ0v) is 11.7. The molecular formula is C16H19NO3. The number of oxazole rings is 1. The highest BCUT2D eigenvalue weighted by Gasteiger charge is 2.37. The highest BCUT2D eigenvalue weighted by Crippen LogP contribution is 2.44. The molecule has 0 bridgehead atoms. The van der Waals surface area contributed by atoms with Crippen LogP contribution in [0.15, 0.2) is 22.6 Å². The first-order chi connectivity index (χ1) is 9.56. The fraction of sp³-hybridized carbons (Fsp3) is 0.500. The molecule has 1 fully saturated rings. The van der Waals surface area contributed by atoms with Crippen LogP contribution in [0.25, 0.3) is 11.1 Å². The number of carbonyl (C=O) groups is 1. The van der Waals surface area contributed by atoms with Gasteiger partial charge in [-0.1, -0.05) is 18.9 Å². The van der Waals surface area contributed by atoms with Crippen molar-refractivity contribution >= 4 is 17.1 Å². The lowest BCUT2D eigenvalue weighted by Crippen LogP contribution is -2.23. The lowest BCUT2D eigenvalue weighted by atomic mass is 9.79. The minimum Gasteiger partial charge on any atom is -0.481 e. The van der Waals surface area contributed by atoms with Crippen LogP contribution in [0.3, 0.4) is 0 Å². The van der Waals surface area contributed by atoms with E-state index in [0.717, 1.165) is 42.3 Å². The summed E-state index contributed by atoms with van der Waals surface area (Å²) in [7, 11) is 0. The molecule has 1 aliphatic rings. The molecule has 0 amide bonds. The van der Waals surface area contributed by atoms with Crippen LogP contribution in [0.1, 0.15) is 43.6 Å². The molecule has 1 heterocycles. The number of aliphatic carboxylic acids is 1. The van der Waals surface area contributed by atoms with Crippen molar-refractivity contribution in [2.24, 2.45) is 5.41 Å². The Labute approximate surface area is 117 Å². The van der Waals surface area contributed by atoms with Crippen molar-refractivity contribution in [3.63, 3.8) is 0 Å². The molecule has 0 aliphatic heterocycles. The fourth-order valence-electron chi connectivity index (χ4n) is 3.34. The highest BCUT2D eigenvalue weighted by atomic mass is 16.4. The number of hydrogen-bond donors (Lipinski definition) is 1. The summed E-state index contributed by atoms with van der Waals surface area (Å²) in [5, 5.41) is 9.14. The van der Waals surface area contributed by atoms with E-state index in [1.807, 2.05) is 25.1 Å². The van der Waals surface area contributed by atoms with Gasteiger partial charge in [-0.25, -0.2) is 4.98 Å². The fourth-order valence-corrected chi connectivity index (χ4v) is 3.34. The first-order valence-electron chi connectivity index (χ1n) is 7.14. The van der Waals surface area contributed by atoms with Gasteiger partial charge in [0.05, 0.1) is 6.42 Å². The van der Waals surface area contributed by atoms with E-state index >= 15 is 0 Å². The van der Waals surface area contributed by atoms with Crippen molar-refractivity contribution in [2.45, 2.75) is 45.4 Å². The van der Waals surface area contributed by atoms with Gasteiger partial charge in [-0.15, -0.1) is 0 Å². The van der Waals surface area contributed by atoms with Gasteiger partial charge in [-0.05, 0) is 42.9 Å². The van der Waals surface area contributed by atoms with E-state index in [2.05, 4.69) is 4.98 Å². The van der Waals surface area contributed by atoms with Crippen LogP contribution in [0.5, 0.6) is 0 Å². The van der Waals surface area contributed by atoms with Gasteiger partial charge in [0, 0.05) is 6.42 Å². The molecule has 106 valence electrons. The molecule has 0 saturated heterocycles. The lowest BCUT2D eigenvalue weighted by molar-refractivity contribution is -0.139. The van der Waals surface area contributed by atoms with Crippen LogP contribution < -0.4 is 0 Å². The second-order valence-corrected chi connectivity index (χ2v) is 6.03. The molecule has 1 aromatic heterocycles. The third-order valence-electron chi connectivity index (χ3n) is 4.30. The second kappa shape index (κ2) is 4.93. The molecule has 3 rings (SSSR count). The Bertz CT molecular complexity index is 638.